The number of amides is 1. The second kappa shape index (κ2) is 6.98. The number of likely N-dealkylation sites (N-methyl/N-ethyl adjacent to an activating group) is 1. The average Bonchev–Trinajstić information content (AvgIpc) is 2.95. The van der Waals surface area contributed by atoms with Gasteiger partial charge in [0.2, 0.25) is 5.91 Å². The molecule has 1 aliphatic carbocycles. The fraction of sp³-hybridized carbons (Fsp3) is 0.550. The third kappa shape index (κ3) is 3.48. The van der Waals surface area contributed by atoms with Crippen LogP contribution in [0, 0.1) is 6.92 Å². The van der Waals surface area contributed by atoms with Crippen LogP contribution in [0.2, 0.25) is 0 Å². The van der Waals surface area contributed by atoms with Crippen molar-refractivity contribution in [3.05, 3.63) is 35.6 Å². The average molecular weight is 329 g/mol. The van der Waals surface area contributed by atoms with Gasteiger partial charge in [-0.25, -0.2) is 0 Å². The Morgan fingerprint density at radius 3 is 2.71 bits per heavy atom. The molecule has 4 nitrogen and oxygen atoms in total. The number of nitrogens with one attached hydrogen (secondary N) is 2. The molecule has 3 rings (SSSR count). The normalized spacial score (nSPS) is 17.3. The highest BCUT2D eigenvalue weighted by Crippen LogP contribution is 2.25. The van der Waals surface area contributed by atoms with E-state index in [0.29, 0.717) is 6.42 Å². The lowest BCUT2D eigenvalue weighted by atomic mass is 9.80. The van der Waals surface area contributed by atoms with Gasteiger partial charge in [-0.05, 0) is 31.4 Å². The van der Waals surface area contributed by atoms with Crippen LogP contribution in [0.5, 0.6) is 0 Å². The van der Waals surface area contributed by atoms with Crippen molar-refractivity contribution in [2.45, 2.75) is 51.0 Å². The summed E-state index contributed by atoms with van der Waals surface area (Å²) in [6.07, 6.45) is 8.36. The lowest BCUT2D eigenvalue weighted by Gasteiger charge is -2.39. The van der Waals surface area contributed by atoms with Gasteiger partial charge in [-0.3, -0.25) is 4.79 Å². The molecule has 24 heavy (non-hydrogen) atoms. The minimum absolute atomic E-state index is 0.0875. The summed E-state index contributed by atoms with van der Waals surface area (Å²) in [5.74, 6) is 0.0875. The Balaban J connectivity index is 1.64. The Bertz CT molecular complexity index is 711. The maximum Gasteiger partial charge on any atom is 0.224 e. The molecule has 1 amide bonds. The number of quaternary nitrogens is 1. The molecule has 0 saturated heterocycles. The van der Waals surface area contributed by atoms with E-state index in [0.717, 1.165) is 23.1 Å². The van der Waals surface area contributed by atoms with E-state index in [-0.39, 0.29) is 11.4 Å². The van der Waals surface area contributed by atoms with Crippen molar-refractivity contribution in [3.8, 4) is 0 Å². The first kappa shape index (κ1) is 17.0. The zero-order valence-corrected chi connectivity index (χ0v) is 15.1. The summed E-state index contributed by atoms with van der Waals surface area (Å²) in [6, 6.07) is 6.12. The summed E-state index contributed by atoms with van der Waals surface area (Å²) in [4.78, 5) is 13.9. The quantitative estimate of drug-likeness (QED) is 0.884. The number of carbonyl (C=O) groups excluding carboxylic acids is 1. The maximum atomic E-state index is 12.5. The molecule has 0 radical (unpaired) electrons. The highest BCUT2D eigenvalue weighted by atomic mass is 16.3. The monoisotopic (exact) mass is 329 g/mol. The van der Waals surface area contributed by atoms with Gasteiger partial charge in [-0.1, -0.05) is 18.6 Å². The molecule has 0 aliphatic heterocycles. The third-order valence-electron chi connectivity index (χ3n) is 5.66. The van der Waals surface area contributed by atoms with Gasteiger partial charge in [0.15, 0.2) is 0 Å². The summed E-state index contributed by atoms with van der Waals surface area (Å²) in [6.45, 7) is 2.81. The molecule has 130 valence electrons. The van der Waals surface area contributed by atoms with Crippen molar-refractivity contribution in [2.24, 2.45) is 0 Å². The van der Waals surface area contributed by atoms with E-state index in [4.69, 9.17) is 4.42 Å². The zero-order chi connectivity index (χ0) is 17.2. The Morgan fingerprint density at radius 1 is 1.25 bits per heavy atom. The molecule has 1 fully saturated rings. The molecule has 0 bridgehead atoms. The van der Waals surface area contributed by atoms with E-state index < -0.39 is 0 Å². The number of aryl methyl sites for hydroxylation is 1. The van der Waals surface area contributed by atoms with Gasteiger partial charge in [-0.2, -0.15) is 0 Å². The molecule has 1 heterocycles. The molecule has 4 heteroatoms. The molecule has 1 aromatic heterocycles. The summed E-state index contributed by atoms with van der Waals surface area (Å²) >= 11 is 0. The number of rotatable bonds is 5. The molecule has 1 saturated carbocycles. The molecule has 1 aromatic carbocycles. The van der Waals surface area contributed by atoms with Gasteiger partial charge in [-0.15, -0.1) is 0 Å². The summed E-state index contributed by atoms with van der Waals surface area (Å²) in [7, 11) is 4.42. The number of hydrogen-bond donors (Lipinski definition) is 2. The summed E-state index contributed by atoms with van der Waals surface area (Å²) in [5, 5.41) is 4.23. The van der Waals surface area contributed by atoms with Crippen LogP contribution in [0.4, 0.5) is 0 Å². The van der Waals surface area contributed by atoms with Crippen molar-refractivity contribution in [3.63, 3.8) is 0 Å². The Hall–Kier alpha value is -1.81. The highest BCUT2D eigenvalue weighted by Gasteiger charge is 2.38. The molecule has 0 unspecified atom stereocenters. The van der Waals surface area contributed by atoms with E-state index in [1.807, 2.05) is 19.1 Å². The van der Waals surface area contributed by atoms with Crippen LogP contribution in [0.3, 0.4) is 0 Å². The lowest BCUT2D eigenvalue weighted by molar-refractivity contribution is -0.916. The van der Waals surface area contributed by atoms with Crippen LogP contribution in [0.1, 0.15) is 43.2 Å². The predicted octanol–water partition coefficient (Wildman–Crippen LogP) is 2.25. The van der Waals surface area contributed by atoms with Gasteiger partial charge in [0.1, 0.15) is 11.1 Å². The van der Waals surface area contributed by atoms with E-state index >= 15 is 0 Å². The molecular weight excluding hydrogens is 300 g/mol. The van der Waals surface area contributed by atoms with Crippen LogP contribution in [-0.4, -0.2) is 32.1 Å². The molecular formula is C20H29N2O2+. The Morgan fingerprint density at radius 2 is 2.00 bits per heavy atom. The number of benzene rings is 1. The van der Waals surface area contributed by atoms with Gasteiger partial charge in [0.05, 0.1) is 33.3 Å². The zero-order valence-electron chi connectivity index (χ0n) is 15.1. The van der Waals surface area contributed by atoms with Crippen molar-refractivity contribution >= 4 is 16.9 Å². The Labute approximate surface area is 144 Å². The fourth-order valence-corrected chi connectivity index (χ4v) is 3.91. The largest absolute Gasteiger partial charge is 0.464 e. The minimum atomic E-state index is 0.0875. The second-order valence-electron chi connectivity index (χ2n) is 7.56. The third-order valence-corrected chi connectivity index (χ3v) is 5.66. The number of furan rings is 1. The van der Waals surface area contributed by atoms with Crippen molar-refractivity contribution in [1.82, 2.24) is 5.32 Å². The van der Waals surface area contributed by atoms with Crippen molar-refractivity contribution < 1.29 is 14.1 Å². The SMILES string of the molecule is Cc1ccc2c(CC(=O)NCC3([NH+](C)C)CCCCC3)coc2c1. The van der Waals surface area contributed by atoms with Crippen LogP contribution in [-0.2, 0) is 11.2 Å². The van der Waals surface area contributed by atoms with Gasteiger partial charge < -0.3 is 14.6 Å². The van der Waals surface area contributed by atoms with Crippen LogP contribution in [0.15, 0.2) is 28.9 Å². The van der Waals surface area contributed by atoms with E-state index in [2.05, 4.69) is 25.5 Å². The predicted molar refractivity (Wildman–Crippen MR) is 96.3 cm³/mol. The van der Waals surface area contributed by atoms with Gasteiger partial charge in [0.25, 0.3) is 0 Å². The molecule has 2 aromatic rings. The van der Waals surface area contributed by atoms with Crippen LogP contribution < -0.4 is 10.2 Å². The van der Waals surface area contributed by atoms with E-state index in [1.165, 1.54) is 42.6 Å². The van der Waals surface area contributed by atoms with E-state index in [1.54, 1.807) is 6.26 Å². The maximum absolute atomic E-state index is 12.5. The van der Waals surface area contributed by atoms with Crippen molar-refractivity contribution in [2.75, 3.05) is 20.6 Å². The summed E-state index contributed by atoms with van der Waals surface area (Å²) in [5.41, 5.74) is 3.20. The first-order chi connectivity index (χ1) is 11.5. The second-order valence-corrected chi connectivity index (χ2v) is 7.56. The first-order valence-corrected chi connectivity index (χ1v) is 9.04. The van der Waals surface area contributed by atoms with Crippen molar-refractivity contribution in [1.29, 1.82) is 0 Å². The standard InChI is InChI=1S/C20H28N2O2/c1-15-7-8-17-16(13-24-18(17)11-15)12-19(23)21-14-20(22(2)3)9-5-4-6-10-20/h7-8,11,13H,4-6,9-10,12,14H2,1-3H3,(H,21,23)/p+1. The number of fused-ring (bicyclic) bond motifs is 1. The van der Waals surface area contributed by atoms with Gasteiger partial charge in [0, 0.05) is 23.8 Å². The smallest absolute Gasteiger partial charge is 0.224 e. The van der Waals surface area contributed by atoms with Crippen LogP contribution in [0.25, 0.3) is 11.0 Å². The molecule has 0 spiro atoms. The molecule has 1 aliphatic rings. The molecule has 0 atom stereocenters. The fourth-order valence-electron chi connectivity index (χ4n) is 3.91. The van der Waals surface area contributed by atoms with E-state index in [9.17, 15) is 4.79 Å². The molecule has 2 N–H and O–H groups in total. The first-order valence-electron chi connectivity index (χ1n) is 9.04. The minimum Gasteiger partial charge on any atom is -0.464 e. The number of carbonyl (C=O) groups is 1. The topological polar surface area (TPSA) is 46.7 Å². The highest BCUT2D eigenvalue weighted by molar-refractivity contribution is 5.87. The van der Waals surface area contributed by atoms with Gasteiger partial charge >= 0.3 is 0 Å². The van der Waals surface area contributed by atoms with Crippen LogP contribution >= 0.6 is 0 Å². The number of hydrogen-bond acceptors (Lipinski definition) is 2. The summed E-state index contributed by atoms with van der Waals surface area (Å²) < 4.78 is 5.60. The lowest BCUT2D eigenvalue weighted by Crippen LogP contribution is -3.16. The Kier molecular flexibility index (Phi) is 4.95.